The van der Waals surface area contributed by atoms with E-state index in [0.717, 1.165) is 21.9 Å². The molecule has 1 aliphatic rings. The van der Waals surface area contributed by atoms with Crippen molar-refractivity contribution in [3.8, 4) is 17.1 Å². The number of pyridine rings is 1. The smallest absolute Gasteiger partial charge is 0.347 e. The minimum Gasteiger partial charge on any atom is -0.481 e. The summed E-state index contributed by atoms with van der Waals surface area (Å²) in [5, 5.41) is 2.23. The number of urea groups is 1. The van der Waals surface area contributed by atoms with Crippen LogP contribution in [0.3, 0.4) is 0 Å². The number of rotatable bonds is 5. The summed E-state index contributed by atoms with van der Waals surface area (Å²) in [6, 6.07) is 26.7. The molecule has 5 rings (SSSR count). The summed E-state index contributed by atoms with van der Waals surface area (Å²) in [7, 11) is 1.51. The Morgan fingerprint density at radius 3 is 2.47 bits per heavy atom. The van der Waals surface area contributed by atoms with Crippen LogP contribution in [-0.2, 0) is 16.9 Å². The molecule has 0 saturated heterocycles. The standard InChI is InChI=1S/C28H27N7O3/c1-28(25(36)35(17-18-8-4-3-5-9-18)26(31-28)33-34-27(37)32-29)22-14-15-23(30-24(22)38-2)21-13-12-19-10-6-7-11-20(19)16-21/h3-16H,17,29H2,1-2H3,(H,31,33)(H2,32,34,37). The number of benzene rings is 3. The van der Waals surface area contributed by atoms with Crippen molar-refractivity contribution in [2.45, 2.75) is 19.0 Å². The van der Waals surface area contributed by atoms with Gasteiger partial charge in [-0.1, -0.05) is 66.7 Å². The van der Waals surface area contributed by atoms with E-state index in [1.807, 2.05) is 72.2 Å². The summed E-state index contributed by atoms with van der Waals surface area (Å²) in [6.07, 6.45) is 0. The lowest BCUT2D eigenvalue weighted by atomic mass is 9.92. The predicted octanol–water partition coefficient (Wildman–Crippen LogP) is 3.20. The van der Waals surface area contributed by atoms with Gasteiger partial charge in [-0.25, -0.2) is 26.0 Å². The molecule has 1 unspecified atom stereocenters. The molecule has 5 N–H and O–H groups in total. The fourth-order valence-electron chi connectivity index (χ4n) is 4.49. The number of carbonyl (C=O) groups excluding carboxylic acids is 2. The van der Waals surface area contributed by atoms with Crippen molar-refractivity contribution < 1.29 is 14.3 Å². The Hall–Kier alpha value is -4.96. The van der Waals surface area contributed by atoms with E-state index in [1.165, 1.54) is 12.0 Å². The number of hydrogen-bond acceptors (Lipinski definition) is 7. The topological polar surface area (TPSA) is 134 Å². The molecule has 3 aromatic carbocycles. The van der Waals surface area contributed by atoms with Gasteiger partial charge >= 0.3 is 6.03 Å². The number of methoxy groups -OCH3 is 1. The third-order valence-corrected chi connectivity index (χ3v) is 6.47. The van der Waals surface area contributed by atoms with Gasteiger partial charge in [0.15, 0.2) is 5.54 Å². The van der Waals surface area contributed by atoms with E-state index in [4.69, 9.17) is 15.6 Å². The van der Waals surface area contributed by atoms with Crippen molar-refractivity contribution in [3.05, 3.63) is 96.1 Å². The second kappa shape index (κ2) is 10.2. The molecule has 10 nitrogen and oxygen atoms in total. The lowest BCUT2D eigenvalue weighted by molar-refractivity contribution is -0.131. The molecule has 10 heteroatoms. The van der Waals surface area contributed by atoms with Crippen molar-refractivity contribution in [2.75, 3.05) is 7.11 Å². The van der Waals surface area contributed by atoms with Crippen LogP contribution >= 0.6 is 0 Å². The minimum absolute atomic E-state index is 0.158. The van der Waals surface area contributed by atoms with E-state index in [-0.39, 0.29) is 24.3 Å². The van der Waals surface area contributed by atoms with Crippen LogP contribution in [0.25, 0.3) is 22.0 Å². The number of carbonyl (C=O) groups is 2. The Morgan fingerprint density at radius 1 is 1.00 bits per heavy atom. The van der Waals surface area contributed by atoms with Crippen molar-refractivity contribution in [2.24, 2.45) is 10.8 Å². The number of aliphatic imine (C=N–C) groups is 1. The van der Waals surface area contributed by atoms with Crippen molar-refractivity contribution in [3.63, 3.8) is 0 Å². The third kappa shape index (κ3) is 4.60. The highest BCUT2D eigenvalue weighted by Crippen LogP contribution is 2.39. The van der Waals surface area contributed by atoms with Crippen LogP contribution < -0.4 is 26.9 Å². The van der Waals surface area contributed by atoms with E-state index in [0.29, 0.717) is 11.3 Å². The average Bonchev–Trinajstić information content (AvgIpc) is 3.20. The highest BCUT2D eigenvalue weighted by molar-refractivity contribution is 6.08. The number of fused-ring (bicyclic) bond motifs is 1. The number of hydrazine groups is 2. The van der Waals surface area contributed by atoms with E-state index < -0.39 is 11.6 Å². The van der Waals surface area contributed by atoms with Crippen LogP contribution in [0.2, 0.25) is 0 Å². The lowest BCUT2D eigenvalue weighted by Gasteiger charge is -2.24. The van der Waals surface area contributed by atoms with E-state index in [1.54, 1.807) is 13.0 Å². The zero-order chi connectivity index (χ0) is 26.7. The van der Waals surface area contributed by atoms with Gasteiger partial charge in [-0.3, -0.25) is 20.5 Å². The molecule has 1 atom stereocenters. The molecule has 1 aromatic heterocycles. The maximum atomic E-state index is 13.9. The van der Waals surface area contributed by atoms with Crippen molar-refractivity contribution in [1.82, 2.24) is 26.2 Å². The van der Waals surface area contributed by atoms with Crippen LogP contribution in [0.1, 0.15) is 18.1 Å². The van der Waals surface area contributed by atoms with Gasteiger partial charge in [-0.2, -0.15) is 0 Å². The molecular formula is C28H27N7O3. The highest BCUT2D eigenvalue weighted by atomic mass is 16.5. The van der Waals surface area contributed by atoms with E-state index >= 15 is 0 Å². The molecule has 4 aromatic rings. The number of nitrogens with two attached hydrogens (primary N) is 1. The predicted molar refractivity (Wildman–Crippen MR) is 145 cm³/mol. The van der Waals surface area contributed by atoms with Crippen LogP contribution in [0, 0.1) is 0 Å². The van der Waals surface area contributed by atoms with Gasteiger partial charge in [0.25, 0.3) is 5.91 Å². The Balaban J connectivity index is 1.52. The zero-order valence-corrected chi connectivity index (χ0v) is 20.9. The average molecular weight is 510 g/mol. The molecule has 2 heterocycles. The quantitative estimate of drug-likeness (QED) is 0.185. The molecule has 0 bridgehead atoms. The molecule has 0 aliphatic carbocycles. The summed E-state index contributed by atoms with van der Waals surface area (Å²) in [5.74, 6) is 5.30. The summed E-state index contributed by atoms with van der Waals surface area (Å²) in [4.78, 5) is 36.4. The largest absolute Gasteiger partial charge is 0.481 e. The molecule has 0 fully saturated rings. The van der Waals surface area contributed by atoms with Gasteiger partial charge in [-0.05, 0) is 41.5 Å². The van der Waals surface area contributed by atoms with Crippen molar-refractivity contribution in [1.29, 1.82) is 0 Å². The summed E-state index contributed by atoms with van der Waals surface area (Å²) in [6.45, 7) is 1.93. The number of ether oxygens (including phenoxy) is 1. The molecule has 0 radical (unpaired) electrons. The SMILES string of the molecule is COc1nc(-c2ccc3ccccc3c2)ccc1C1(C)N=C(NNC(=O)NN)N(Cc2ccccc2)C1=O. The number of nitrogens with zero attached hydrogens (tertiary/aromatic N) is 3. The Bertz CT molecular complexity index is 1540. The summed E-state index contributed by atoms with van der Waals surface area (Å²) in [5.41, 5.74) is 8.69. The summed E-state index contributed by atoms with van der Waals surface area (Å²) < 4.78 is 5.66. The zero-order valence-electron chi connectivity index (χ0n) is 20.9. The van der Waals surface area contributed by atoms with Crippen LogP contribution in [0.5, 0.6) is 5.88 Å². The van der Waals surface area contributed by atoms with Crippen molar-refractivity contribution >= 4 is 28.7 Å². The second-order valence-electron chi connectivity index (χ2n) is 8.92. The van der Waals surface area contributed by atoms with Gasteiger partial charge in [0.05, 0.1) is 24.9 Å². The van der Waals surface area contributed by atoms with Gasteiger partial charge < -0.3 is 4.74 Å². The highest BCUT2D eigenvalue weighted by Gasteiger charge is 2.48. The van der Waals surface area contributed by atoms with Gasteiger partial charge in [0.2, 0.25) is 11.8 Å². The van der Waals surface area contributed by atoms with Crippen LogP contribution in [-0.4, -0.2) is 34.9 Å². The lowest BCUT2D eigenvalue weighted by Crippen LogP contribution is -2.53. The minimum atomic E-state index is -1.36. The number of amides is 3. The molecule has 0 saturated carbocycles. The first kappa shape index (κ1) is 24.7. The first-order valence-corrected chi connectivity index (χ1v) is 12.0. The number of nitrogens with one attached hydrogen (secondary N) is 3. The molecule has 192 valence electrons. The first-order chi connectivity index (χ1) is 18.4. The van der Waals surface area contributed by atoms with E-state index in [2.05, 4.69) is 28.0 Å². The number of aromatic nitrogens is 1. The molecule has 38 heavy (non-hydrogen) atoms. The maximum absolute atomic E-state index is 13.9. The summed E-state index contributed by atoms with van der Waals surface area (Å²) >= 11 is 0. The van der Waals surface area contributed by atoms with Gasteiger partial charge in [-0.15, -0.1) is 0 Å². The van der Waals surface area contributed by atoms with E-state index in [9.17, 15) is 9.59 Å². The molecule has 0 spiro atoms. The Morgan fingerprint density at radius 2 is 1.74 bits per heavy atom. The van der Waals surface area contributed by atoms with Gasteiger partial charge in [0.1, 0.15) is 0 Å². The van der Waals surface area contributed by atoms with Crippen LogP contribution in [0.4, 0.5) is 4.79 Å². The molecule has 1 aliphatic heterocycles. The first-order valence-electron chi connectivity index (χ1n) is 12.0. The third-order valence-electron chi connectivity index (χ3n) is 6.47. The fraction of sp³-hybridized carbons (Fsp3) is 0.143. The number of guanidine groups is 1. The van der Waals surface area contributed by atoms with Gasteiger partial charge in [0, 0.05) is 5.56 Å². The normalized spacial score (nSPS) is 16.8. The Labute approximate surface area is 219 Å². The second-order valence-corrected chi connectivity index (χ2v) is 8.92. The monoisotopic (exact) mass is 509 g/mol. The van der Waals surface area contributed by atoms with Crippen LogP contribution in [0.15, 0.2) is 89.9 Å². The molecule has 3 amide bonds. The Kier molecular flexibility index (Phi) is 6.63. The number of hydrogen-bond donors (Lipinski definition) is 4. The maximum Gasteiger partial charge on any atom is 0.347 e. The molecular weight excluding hydrogens is 482 g/mol. The fourth-order valence-corrected chi connectivity index (χ4v) is 4.49.